The van der Waals surface area contributed by atoms with Crippen molar-refractivity contribution >= 4 is 23.7 Å². The Bertz CT molecular complexity index is 1150. The molecule has 4 heterocycles. The number of amides is 1. The second-order valence-electron chi connectivity index (χ2n) is 8.23. The normalized spacial score (nSPS) is 14.8. The maximum atomic E-state index is 11.5. The Hall–Kier alpha value is -3.49. The van der Waals surface area contributed by atoms with Crippen LogP contribution >= 0.6 is 0 Å². The summed E-state index contributed by atoms with van der Waals surface area (Å²) >= 11 is 0. The van der Waals surface area contributed by atoms with Crippen molar-refractivity contribution in [3.05, 3.63) is 42.7 Å². The molecule has 4 rings (SSSR count). The lowest BCUT2D eigenvalue weighted by atomic mass is 10.1. The Kier molecular flexibility index (Phi) is 6.07. The summed E-state index contributed by atoms with van der Waals surface area (Å²) < 4.78 is 3.87. The molecule has 32 heavy (non-hydrogen) atoms. The van der Waals surface area contributed by atoms with Crippen molar-refractivity contribution in [1.29, 1.82) is 0 Å². The number of fused-ring (bicyclic) bond motifs is 1. The van der Waals surface area contributed by atoms with Gasteiger partial charge >= 0.3 is 0 Å². The second-order valence-corrected chi connectivity index (χ2v) is 8.23. The molecule has 0 aromatic carbocycles. The number of likely N-dealkylation sites (tertiary alicyclic amines) is 1. The number of nitrogens with zero attached hydrogens (tertiary/aromatic N) is 8. The van der Waals surface area contributed by atoms with Gasteiger partial charge in [0.05, 0.1) is 47.6 Å². The number of aromatic nitrogens is 5. The van der Waals surface area contributed by atoms with Crippen molar-refractivity contribution in [3.8, 4) is 11.3 Å². The van der Waals surface area contributed by atoms with Gasteiger partial charge in [0.1, 0.15) is 0 Å². The quantitative estimate of drug-likeness (QED) is 0.400. The van der Waals surface area contributed by atoms with Gasteiger partial charge in [0.2, 0.25) is 5.91 Å². The van der Waals surface area contributed by atoms with Crippen LogP contribution in [0.2, 0.25) is 0 Å². The van der Waals surface area contributed by atoms with Crippen LogP contribution in [-0.2, 0) is 4.79 Å². The fraction of sp³-hybridized carbons (Fsp3) is 0.435. The zero-order valence-electron chi connectivity index (χ0n) is 19.1. The molecule has 9 heteroatoms. The summed E-state index contributed by atoms with van der Waals surface area (Å²) in [5.74, 6) is 0.0790. The monoisotopic (exact) mass is 434 g/mol. The third-order valence-corrected chi connectivity index (χ3v) is 6.16. The fourth-order valence-electron chi connectivity index (χ4n) is 4.06. The summed E-state index contributed by atoms with van der Waals surface area (Å²) in [6.07, 6.45) is 11.6. The lowest BCUT2D eigenvalue weighted by Crippen LogP contribution is -2.58. The van der Waals surface area contributed by atoms with E-state index >= 15 is 0 Å². The Morgan fingerprint density at radius 1 is 1.28 bits per heavy atom. The van der Waals surface area contributed by atoms with Gasteiger partial charge in [-0.15, -0.1) is 0 Å². The lowest BCUT2D eigenvalue weighted by molar-refractivity contribution is -0.135. The summed E-state index contributed by atoms with van der Waals surface area (Å²) in [6, 6.07) is 2.46. The molecule has 168 valence electrons. The molecule has 0 spiro atoms. The number of carbonyl (C=O) groups excluding carboxylic acids is 1. The van der Waals surface area contributed by atoms with Crippen LogP contribution in [0.1, 0.15) is 52.3 Å². The molecular weight excluding hydrogens is 404 g/mol. The molecular formula is C23H30N8O. The Morgan fingerprint density at radius 3 is 2.69 bits per heavy atom. The summed E-state index contributed by atoms with van der Waals surface area (Å²) in [7, 11) is 0. The van der Waals surface area contributed by atoms with Crippen LogP contribution in [0.5, 0.6) is 0 Å². The molecule has 0 bridgehead atoms. The molecule has 3 aromatic heterocycles. The minimum atomic E-state index is 0.0790. The molecule has 1 aliphatic heterocycles. The molecule has 1 saturated heterocycles. The summed E-state index contributed by atoms with van der Waals surface area (Å²) in [5, 5.41) is 15.0. The van der Waals surface area contributed by atoms with E-state index in [1.165, 1.54) is 0 Å². The third kappa shape index (κ3) is 4.02. The van der Waals surface area contributed by atoms with Crippen molar-refractivity contribution in [3.63, 3.8) is 0 Å². The van der Waals surface area contributed by atoms with Gasteiger partial charge in [0, 0.05) is 44.7 Å². The number of rotatable bonds is 8. The van der Waals surface area contributed by atoms with E-state index in [1.54, 1.807) is 18.0 Å². The molecule has 0 saturated carbocycles. The first-order chi connectivity index (χ1) is 15.4. The van der Waals surface area contributed by atoms with Crippen molar-refractivity contribution in [1.82, 2.24) is 34.3 Å². The average molecular weight is 435 g/mol. The van der Waals surface area contributed by atoms with Crippen LogP contribution in [-0.4, -0.2) is 66.0 Å². The van der Waals surface area contributed by atoms with Gasteiger partial charge in [-0.1, -0.05) is 13.8 Å². The minimum absolute atomic E-state index is 0.0790. The first-order valence-electron chi connectivity index (χ1n) is 11.0. The van der Waals surface area contributed by atoms with Crippen molar-refractivity contribution in [2.24, 2.45) is 5.10 Å². The van der Waals surface area contributed by atoms with Crippen LogP contribution in [0.4, 0.5) is 0 Å². The molecule has 0 radical (unpaired) electrons. The summed E-state index contributed by atoms with van der Waals surface area (Å²) in [5.41, 5.74) is 4.47. The van der Waals surface area contributed by atoms with E-state index in [9.17, 15) is 4.79 Å². The van der Waals surface area contributed by atoms with Gasteiger partial charge in [-0.3, -0.25) is 14.5 Å². The predicted octanol–water partition coefficient (Wildman–Crippen LogP) is 3.46. The van der Waals surface area contributed by atoms with Crippen LogP contribution in [0.25, 0.3) is 22.3 Å². The smallest absolute Gasteiger partial charge is 0.219 e. The molecule has 1 fully saturated rings. The van der Waals surface area contributed by atoms with Crippen LogP contribution in [0, 0.1) is 0 Å². The van der Waals surface area contributed by atoms with E-state index in [-0.39, 0.29) is 11.9 Å². The summed E-state index contributed by atoms with van der Waals surface area (Å²) in [6.45, 7) is 12.9. The zero-order valence-corrected chi connectivity index (χ0v) is 19.1. The molecule has 1 aliphatic rings. The van der Waals surface area contributed by atoms with Gasteiger partial charge < -0.3 is 4.90 Å². The molecule has 0 unspecified atom stereocenters. The highest BCUT2D eigenvalue weighted by Gasteiger charge is 2.32. The topological polar surface area (TPSA) is 83.9 Å². The van der Waals surface area contributed by atoms with Crippen molar-refractivity contribution < 1.29 is 4.79 Å². The molecule has 3 aromatic rings. The standard InChI is InChI=1S/C23H30N8O/c1-6-19(7-2)30-12-18(10-26-30)23-22-8-9-25-31(22)15-21(27-23)16(3)11-29(24-5)20-13-28(14-20)17(4)32/h8-12,15,19-20H,5-7,13-14H2,1-4H3/b16-11+. The Labute approximate surface area is 188 Å². The van der Waals surface area contributed by atoms with E-state index in [0.29, 0.717) is 19.1 Å². The minimum Gasteiger partial charge on any atom is -0.339 e. The summed E-state index contributed by atoms with van der Waals surface area (Å²) in [4.78, 5) is 18.3. The first kappa shape index (κ1) is 21.7. The molecule has 9 nitrogen and oxygen atoms in total. The van der Waals surface area contributed by atoms with Crippen LogP contribution < -0.4 is 0 Å². The predicted molar refractivity (Wildman–Crippen MR) is 125 cm³/mol. The highest BCUT2D eigenvalue weighted by atomic mass is 16.2. The number of hydrazone groups is 1. The molecule has 0 N–H and O–H groups in total. The van der Waals surface area contributed by atoms with Crippen molar-refractivity contribution in [2.75, 3.05) is 13.1 Å². The third-order valence-electron chi connectivity index (χ3n) is 6.16. The van der Waals surface area contributed by atoms with Gasteiger partial charge in [-0.05, 0) is 31.4 Å². The Morgan fingerprint density at radius 2 is 2.03 bits per heavy atom. The van der Waals surface area contributed by atoms with E-state index in [0.717, 1.165) is 40.9 Å². The van der Waals surface area contributed by atoms with Crippen molar-refractivity contribution in [2.45, 2.75) is 52.6 Å². The van der Waals surface area contributed by atoms with Crippen LogP contribution in [0.15, 0.2) is 42.2 Å². The first-order valence-corrected chi connectivity index (χ1v) is 11.0. The van der Waals surface area contributed by atoms with E-state index in [4.69, 9.17) is 4.98 Å². The number of hydrogen-bond acceptors (Lipinski definition) is 6. The van der Waals surface area contributed by atoms with E-state index in [2.05, 4.69) is 42.1 Å². The lowest BCUT2D eigenvalue weighted by Gasteiger charge is -2.42. The van der Waals surface area contributed by atoms with Gasteiger partial charge in [0.15, 0.2) is 0 Å². The number of carbonyl (C=O) groups is 1. The number of allylic oxidation sites excluding steroid dienone is 1. The molecule has 0 atom stereocenters. The maximum absolute atomic E-state index is 11.5. The van der Waals surface area contributed by atoms with Crippen LogP contribution in [0.3, 0.4) is 0 Å². The maximum Gasteiger partial charge on any atom is 0.219 e. The Balaban J connectivity index is 1.66. The van der Waals surface area contributed by atoms with E-state index in [1.807, 2.05) is 45.8 Å². The highest BCUT2D eigenvalue weighted by Crippen LogP contribution is 2.27. The van der Waals surface area contributed by atoms with E-state index < -0.39 is 0 Å². The van der Waals surface area contributed by atoms with Gasteiger partial charge in [-0.2, -0.15) is 15.3 Å². The van der Waals surface area contributed by atoms with Gasteiger partial charge in [-0.25, -0.2) is 9.50 Å². The fourth-order valence-corrected chi connectivity index (χ4v) is 4.06. The van der Waals surface area contributed by atoms with Gasteiger partial charge in [0.25, 0.3) is 0 Å². The highest BCUT2D eigenvalue weighted by molar-refractivity contribution is 5.78. The molecule has 1 amide bonds. The SMILES string of the molecule is C=NN(/C=C(\C)c1cn2nccc2c(-c2cnn(C(CC)CC)c2)n1)C1CN(C(C)=O)C1. The molecule has 0 aliphatic carbocycles. The largest absolute Gasteiger partial charge is 0.339 e. The second kappa shape index (κ2) is 8.94. The zero-order chi connectivity index (χ0) is 22.8. The average Bonchev–Trinajstić information content (AvgIpc) is 3.41. The number of hydrogen-bond donors (Lipinski definition) is 0.